The lowest BCUT2D eigenvalue weighted by atomic mass is 10.0. The zero-order valence-electron chi connectivity index (χ0n) is 42.2. The van der Waals surface area contributed by atoms with Gasteiger partial charge in [-0.1, -0.05) is 284 Å². The molecule has 62 heavy (non-hydrogen) atoms. The van der Waals surface area contributed by atoms with Crippen LogP contribution in [-0.4, -0.2) is 37.2 Å². The Labute approximate surface area is 387 Å². The molecule has 0 fully saturated rings. The molecular weight excluding hydrogens is 769 g/mol. The average molecular weight is 877 g/mol. The standard InChI is InChI=1S/C56H108O6/c1-4-7-10-13-16-18-20-22-24-26-28-30-32-34-36-38-41-43-46-49-55(58)61-52-53(62-56(59)50-47-44-39-15-12-9-6-3)51-60-54(57)48-45-42-40-37-35-33-31-29-27-25-23-21-19-17-14-11-8-5-2/h53H,4-52H2,1-3H3/t53-/m1/s1. The smallest absolute Gasteiger partial charge is 0.306 e. The van der Waals surface area contributed by atoms with Crippen LogP contribution in [0.3, 0.4) is 0 Å². The van der Waals surface area contributed by atoms with Crippen LogP contribution in [0.2, 0.25) is 0 Å². The minimum Gasteiger partial charge on any atom is -0.462 e. The fraction of sp³-hybridized carbons (Fsp3) is 0.946. The Kier molecular flexibility index (Phi) is 50.7. The first-order chi connectivity index (χ1) is 30.5. The lowest BCUT2D eigenvalue weighted by molar-refractivity contribution is -0.167. The van der Waals surface area contributed by atoms with Gasteiger partial charge in [-0.25, -0.2) is 0 Å². The van der Waals surface area contributed by atoms with Gasteiger partial charge in [0.1, 0.15) is 13.2 Å². The third kappa shape index (κ3) is 49.4. The summed E-state index contributed by atoms with van der Waals surface area (Å²) in [5, 5.41) is 0. The molecule has 0 rings (SSSR count). The summed E-state index contributed by atoms with van der Waals surface area (Å²) >= 11 is 0. The topological polar surface area (TPSA) is 78.9 Å². The molecule has 0 aromatic rings. The fourth-order valence-electron chi connectivity index (χ4n) is 8.62. The molecule has 0 aliphatic carbocycles. The Hall–Kier alpha value is -1.59. The van der Waals surface area contributed by atoms with Crippen molar-refractivity contribution in [1.82, 2.24) is 0 Å². The fourth-order valence-corrected chi connectivity index (χ4v) is 8.62. The van der Waals surface area contributed by atoms with Crippen molar-refractivity contribution in [3.05, 3.63) is 0 Å². The lowest BCUT2D eigenvalue weighted by Crippen LogP contribution is -2.30. The molecule has 0 heterocycles. The number of hydrogen-bond acceptors (Lipinski definition) is 6. The van der Waals surface area contributed by atoms with Crippen molar-refractivity contribution in [1.29, 1.82) is 0 Å². The molecule has 0 bridgehead atoms. The third-order valence-electron chi connectivity index (χ3n) is 12.9. The Morgan fingerprint density at radius 3 is 0.645 bits per heavy atom. The number of unbranched alkanes of at least 4 members (excludes halogenated alkanes) is 41. The van der Waals surface area contributed by atoms with Gasteiger partial charge in [0, 0.05) is 19.3 Å². The molecular formula is C56H108O6. The first-order valence-electron chi connectivity index (χ1n) is 28.0. The Morgan fingerprint density at radius 2 is 0.435 bits per heavy atom. The molecule has 1 atom stereocenters. The summed E-state index contributed by atoms with van der Waals surface area (Å²) in [5.41, 5.74) is 0. The maximum Gasteiger partial charge on any atom is 0.306 e. The summed E-state index contributed by atoms with van der Waals surface area (Å²) < 4.78 is 16.8. The quantitative estimate of drug-likeness (QED) is 0.0344. The van der Waals surface area contributed by atoms with Gasteiger partial charge in [-0.15, -0.1) is 0 Å². The SMILES string of the molecule is CCCCCCCCCCCCCCCCCCCCCC(=O)OC[C@@H](COC(=O)CCCCCCCCCCCCCCCCCCCC)OC(=O)CCCCCCCCC. The number of rotatable bonds is 52. The second-order valence-corrected chi connectivity index (χ2v) is 19.2. The number of carbonyl (C=O) groups is 3. The zero-order valence-corrected chi connectivity index (χ0v) is 42.2. The van der Waals surface area contributed by atoms with Gasteiger partial charge < -0.3 is 14.2 Å². The van der Waals surface area contributed by atoms with Crippen molar-refractivity contribution in [2.24, 2.45) is 0 Å². The van der Waals surface area contributed by atoms with Crippen LogP contribution in [0.15, 0.2) is 0 Å². The molecule has 6 nitrogen and oxygen atoms in total. The van der Waals surface area contributed by atoms with Crippen LogP contribution in [0.25, 0.3) is 0 Å². The van der Waals surface area contributed by atoms with Crippen LogP contribution in [0.5, 0.6) is 0 Å². The van der Waals surface area contributed by atoms with E-state index in [1.165, 1.54) is 225 Å². The van der Waals surface area contributed by atoms with E-state index in [4.69, 9.17) is 14.2 Å². The highest BCUT2D eigenvalue weighted by Gasteiger charge is 2.19. The number of esters is 3. The first-order valence-corrected chi connectivity index (χ1v) is 28.0. The van der Waals surface area contributed by atoms with Gasteiger partial charge in [0.25, 0.3) is 0 Å². The van der Waals surface area contributed by atoms with Gasteiger partial charge in [0.15, 0.2) is 6.10 Å². The molecule has 0 radical (unpaired) electrons. The van der Waals surface area contributed by atoms with Crippen molar-refractivity contribution in [3.63, 3.8) is 0 Å². The van der Waals surface area contributed by atoms with Gasteiger partial charge >= 0.3 is 17.9 Å². The molecule has 0 N–H and O–H groups in total. The predicted octanol–water partition coefficient (Wildman–Crippen LogP) is 18.4. The maximum absolute atomic E-state index is 12.7. The number of ether oxygens (including phenoxy) is 3. The lowest BCUT2D eigenvalue weighted by Gasteiger charge is -2.18. The van der Waals surface area contributed by atoms with E-state index in [9.17, 15) is 14.4 Å². The van der Waals surface area contributed by atoms with Crippen LogP contribution in [0.4, 0.5) is 0 Å². The first kappa shape index (κ1) is 60.4. The highest BCUT2D eigenvalue weighted by molar-refractivity contribution is 5.71. The third-order valence-corrected chi connectivity index (χ3v) is 12.9. The van der Waals surface area contributed by atoms with Gasteiger partial charge in [0.05, 0.1) is 0 Å². The van der Waals surface area contributed by atoms with Crippen molar-refractivity contribution >= 4 is 17.9 Å². The molecule has 0 saturated carbocycles. The number of carbonyl (C=O) groups excluding carboxylic acids is 3. The molecule has 368 valence electrons. The van der Waals surface area contributed by atoms with E-state index in [1.54, 1.807) is 0 Å². The van der Waals surface area contributed by atoms with Crippen LogP contribution >= 0.6 is 0 Å². The van der Waals surface area contributed by atoms with Crippen LogP contribution < -0.4 is 0 Å². The van der Waals surface area contributed by atoms with Crippen molar-refractivity contribution in [3.8, 4) is 0 Å². The summed E-state index contributed by atoms with van der Waals surface area (Å²) in [6.45, 7) is 6.66. The van der Waals surface area contributed by atoms with Gasteiger partial charge in [0.2, 0.25) is 0 Å². The monoisotopic (exact) mass is 877 g/mol. The molecule has 0 amide bonds. The molecule has 0 aromatic heterocycles. The number of hydrogen-bond donors (Lipinski definition) is 0. The normalized spacial score (nSPS) is 11.9. The van der Waals surface area contributed by atoms with E-state index in [1.807, 2.05) is 0 Å². The molecule has 0 spiro atoms. The van der Waals surface area contributed by atoms with Gasteiger partial charge in [-0.2, -0.15) is 0 Å². The van der Waals surface area contributed by atoms with Crippen LogP contribution in [0, 0.1) is 0 Å². The van der Waals surface area contributed by atoms with Crippen molar-refractivity contribution in [2.45, 2.75) is 329 Å². The summed E-state index contributed by atoms with van der Waals surface area (Å²) in [6.07, 6.45) is 56.9. The van der Waals surface area contributed by atoms with Gasteiger partial charge in [-0.05, 0) is 19.3 Å². The zero-order chi connectivity index (χ0) is 45.1. The van der Waals surface area contributed by atoms with Gasteiger partial charge in [-0.3, -0.25) is 14.4 Å². The second kappa shape index (κ2) is 52.0. The van der Waals surface area contributed by atoms with Crippen molar-refractivity contribution < 1.29 is 28.6 Å². The molecule has 0 aromatic carbocycles. The summed E-state index contributed by atoms with van der Waals surface area (Å²) in [5.74, 6) is -0.844. The molecule has 0 aliphatic rings. The molecule has 6 heteroatoms. The summed E-state index contributed by atoms with van der Waals surface area (Å²) in [4.78, 5) is 37.9. The predicted molar refractivity (Wildman–Crippen MR) is 266 cm³/mol. The highest BCUT2D eigenvalue weighted by Crippen LogP contribution is 2.17. The van der Waals surface area contributed by atoms with E-state index >= 15 is 0 Å². The highest BCUT2D eigenvalue weighted by atomic mass is 16.6. The molecule has 0 saturated heterocycles. The van der Waals surface area contributed by atoms with Crippen LogP contribution in [-0.2, 0) is 28.6 Å². The molecule has 0 aliphatic heterocycles. The second-order valence-electron chi connectivity index (χ2n) is 19.2. The van der Waals surface area contributed by atoms with E-state index < -0.39 is 6.10 Å². The largest absolute Gasteiger partial charge is 0.462 e. The minimum atomic E-state index is -0.759. The minimum absolute atomic E-state index is 0.0623. The van der Waals surface area contributed by atoms with E-state index in [-0.39, 0.29) is 31.1 Å². The Morgan fingerprint density at radius 1 is 0.258 bits per heavy atom. The summed E-state index contributed by atoms with van der Waals surface area (Å²) in [7, 11) is 0. The average Bonchev–Trinajstić information content (AvgIpc) is 3.27. The Balaban J connectivity index is 4.10. The maximum atomic E-state index is 12.7. The summed E-state index contributed by atoms with van der Waals surface area (Å²) in [6, 6.07) is 0. The van der Waals surface area contributed by atoms with Crippen LogP contribution in [0.1, 0.15) is 323 Å². The molecule has 0 unspecified atom stereocenters. The van der Waals surface area contributed by atoms with E-state index in [0.717, 1.165) is 57.8 Å². The van der Waals surface area contributed by atoms with Crippen molar-refractivity contribution in [2.75, 3.05) is 13.2 Å². The van der Waals surface area contributed by atoms with E-state index in [0.29, 0.717) is 19.3 Å². The Bertz CT molecular complexity index is 920. The van der Waals surface area contributed by atoms with E-state index in [2.05, 4.69) is 20.8 Å².